The van der Waals surface area contributed by atoms with E-state index in [1.807, 2.05) is 0 Å². The Morgan fingerprint density at radius 3 is 3.06 bits per heavy atom. The summed E-state index contributed by atoms with van der Waals surface area (Å²) in [4.78, 5) is 4.13. The molecule has 2 aliphatic rings. The van der Waals surface area contributed by atoms with Gasteiger partial charge in [0.15, 0.2) is 0 Å². The van der Waals surface area contributed by atoms with Crippen LogP contribution in [0.2, 0.25) is 0 Å². The maximum atomic E-state index is 5.83. The highest BCUT2D eigenvalue weighted by Gasteiger charge is 2.58. The van der Waals surface area contributed by atoms with Crippen LogP contribution in [0.4, 0.5) is 0 Å². The predicted octanol–water partition coefficient (Wildman–Crippen LogP) is 1.24. The van der Waals surface area contributed by atoms with Crippen molar-refractivity contribution >= 4 is 0 Å². The van der Waals surface area contributed by atoms with E-state index in [0.717, 1.165) is 25.4 Å². The number of ether oxygens (including phenoxy) is 1. The number of nitrogens with one attached hydrogen (secondary N) is 2. The Labute approximate surface area is 101 Å². The number of hydrogen-bond acceptors (Lipinski definition) is 4. The van der Waals surface area contributed by atoms with Gasteiger partial charge in [-0.2, -0.15) is 5.10 Å². The highest BCUT2D eigenvalue weighted by atomic mass is 16.5. The van der Waals surface area contributed by atoms with Crippen LogP contribution in [0.25, 0.3) is 0 Å². The van der Waals surface area contributed by atoms with E-state index in [1.165, 1.54) is 19.3 Å². The van der Waals surface area contributed by atoms with Gasteiger partial charge < -0.3 is 10.1 Å². The molecule has 3 rings (SSSR count). The average molecular weight is 236 g/mol. The highest BCUT2D eigenvalue weighted by molar-refractivity contribution is 5.12. The molecule has 17 heavy (non-hydrogen) atoms. The van der Waals surface area contributed by atoms with Gasteiger partial charge in [-0.15, -0.1) is 0 Å². The summed E-state index contributed by atoms with van der Waals surface area (Å²) >= 11 is 0. The third kappa shape index (κ3) is 1.77. The van der Waals surface area contributed by atoms with Crippen LogP contribution in [-0.2, 0) is 11.3 Å². The Kier molecular flexibility index (Phi) is 2.88. The van der Waals surface area contributed by atoms with Gasteiger partial charge in [-0.3, -0.25) is 5.10 Å². The van der Waals surface area contributed by atoms with Gasteiger partial charge in [0.05, 0.1) is 12.6 Å². The Morgan fingerprint density at radius 1 is 1.59 bits per heavy atom. The maximum absolute atomic E-state index is 5.83. The monoisotopic (exact) mass is 236 g/mol. The summed E-state index contributed by atoms with van der Waals surface area (Å²) in [6.07, 6.45) is 7.15. The molecule has 1 spiro atoms. The SMILES string of the molecule is CCOC1CC(NCc2ncn[nH]2)C12CCC2. The second kappa shape index (κ2) is 4.38. The Hall–Kier alpha value is -0.940. The van der Waals surface area contributed by atoms with Crippen molar-refractivity contribution in [1.82, 2.24) is 20.5 Å². The maximum Gasteiger partial charge on any atom is 0.138 e. The quantitative estimate of drug-likeness (QED) is 0.807. The fourth-order valence-electron chi connectivity index (χ4n) is 3.26. The van der Waals surface area contributed by atoms with Gasteiger partial charge in [0.1, 0.15) is 12.2 Å². The van der Waals surface area contributed by atoms with E-state index in [4.69, 9.17) is 4.74 Å². The first-order valence-corrected chi connectivity index (χ1v) is 6.54. The summed E-state index contributed by atoms with van der Waals surface area (Å²) in [6, 6.07) is 0.595. The van der Waals surface area contributed by atoms with Gasteiger partial charge >= 0.3 is 0 Å². The largest absolute Gasteiger partial charge is 0.378 e. The molecule has 0 radical (unpaired) electrons. The Morgan fingerprint density at radius 2 is 2.47 bits per heavy atom. The van der Waals surface area contributed by atoms with Gasteiger partial charge in [0, 0.05) is 18.1 Å². The third-order valence-corrected chi connectivity index (χ3v) is 4.42. The fraction of sp³-hybridized carbons (Fsp3) is 0.833. The number of H-pyrrole nitrogens is 1. The lowest BCUT2D eigenvalue weighted by Gasteiger charge is -2.61. The lowest BCUT2D eigenvalue weighted by molar-refractivity contribution is -0.173. The number of hydrogen-bond donors (Lipinski definition) is 2. The Balaban J connectivity index is 1.55. The summed E-state index contributed by atoms with van der Waals surface area (Å²) in [6.45, 7) is 3.70. The van der Waals surface area contributed by atoms with Gasteiger partial charge in [-0.25, -0.2) is 4.98 Å². The minimum atomic E-state index is 0.427. The molecule has 0 amide bonds. The van der Waals surface area contributed by atoms with Gasteiger partial charge in [0.2, 0.25) is 0 Å². The smallest absolute Gasteiger partial charge is 0.138 e. The predicted molar refractivity (Wildman–Crippen MR) is 63.3 cm³/mol. The topological polar surface area (TPSA) is 62.8 Å². The Bertz CT molecular complexity index is 361. The van der Waals surface area contributed by atoms with E-state index in [2.05, 4.69) is 27.4 Å². The van der Waals surface area contributed by atoms with Crippen molar-refractivity contribution in [1.29, 1.82) is 0 Å². The molecule has 0 saturated heterocycles. The summed E-state index contributed by atoms with van der Waals surface area (Å²) in [5.41, 5.74) is 0.427. The molecule has 2 saturated carbocycles. The summed E-state index contributed by atoms with van der Waals surface area (Å²) in [5.74, 6) is 0.916. The molecule has 1 heterocycles. The van der Waals surface area contributed by atoms with Crippen LogP contribution < -0.4 is 5.32 Å². The first-order valence-electron chi connectivity index (χ1n) is 6.54. The molecule has 5 heteroatoms. The number of aromatic nitrogens is 3. The molecule has 0 bridgehead atoms. The summed E-state index contributed by atoms with van der Waals surface area (Å²) in [5, 5.41) is 10.3. The van der Waals surface area contributed by atoms with E-state index >= 15 is 0 Å². The molecule has 0 aromatic carbocycles. The molecule has 2 fully saturated rings. The van der Waals surface area contributed by atoms with Crippen molar-refractivity contribution in [2.24, 2.45) is 5.41 Å². The molecule has 2 unspecified atom stereocenters. The first-order chi connectivity index (χ1) is 8.35. The van der Waals surface area contributed by atoms with Crippen molar-refractivity contribution in [3.63, 3.8) is 0 Å². The van der Waals surface area contributed by atoms with Crippen molar-refractivity contribution in [3.8, 4) is 0 Å². The minimum Gasteiger partial charge on any atom is -0.378 e. The zero-order valence-corrected chi connectivity index (χ0v) is 10.3. The van der Waals surface area contributed by atoms with Crippen LogP contribution in [-0.4, -0.2) is 33.9 Å². The molecule has 0 aliphatic heterocycles. The highest BCUT2D eigenvalue weighted by Crippen LogP contribution is 2.57. The minimum absolute atomic E-state index is 0.427. The molecule has 1 aromatic heterocycles. The fourth-order valence-corrected chi connectivity index (χ4v) is 3.26. The van der Waals surface area contributed by atoms with Crippen molar-refractivity contribution < 1.29 is 4.74 Å². The first kappa shape index (κ1) is 11.2. The van der Waals surface area contributed by atoms with Gasteiger partial charge in [0.25, 0.3) is 0 Å². The van der Waals surface area contributed by atoms with E-state index in [9.17, 15) is 0 Å². The van der Waals surface area contributed by atoms with Crippen molar-refractivity contribution in [2.45, 2.75) is 51.3 Å². The van der Waals surface area contributed by atoms with Crippen LogP contribution in [0.3, 0.4) is 0 Å². The molecule has 94 valence electrons. The number of rotatable bonds is 5. The molecule has 2 atom stereocenters. The van der Waals surface area contributed by atoms with Gasteiger partial charge in [-0.05, 0) is 26.2 Å². The van der Waals surface area contributed by atoms with Crippen LogP contribution >= 0.6 is 0 Å². The normalized spacial score (nSPS) is 29.9. The van der Waals surface area contributed by atoms with Crippen LogP contribution in [0.1, 0.15) is 38.4 Å². The standard InChI is InChI=1S/C12H20N4O/c1-2-17-10-6-9(12(10)4-3-5-12)13-7-11-14-8-15-16-11/h8-10,13H,2-7H2,1H3,(H,14,15,16). The van der Waals surface area contributed by atoms with Crippen LogP contribution in [0.5, 0.6) is 0 Å². The lowest BCUT2D eigenvalue weighted by atomic mass is 9.51. The molecule has 2 N–H and O–H groups in total. The molecule has 5 nitrogen and oxygen atoms in total. The zero-order valence-electron chi connectivity index (χ0n) is 10.3. The molecular formula is C12H20N4O. The second-order valence-electron chi connectivity index (χ2n) is 5.13. The van der Waals surface area contributed by atoms with Gasteiger partial charge in [-0.1, -0.05) is 6.42 Å². The van der Waals surface area contributed by atoms with E-state index < -0.39 is 0 Å². The van der Waals surface area contributed by atoms with E-state index in [-0.39, 0.29) is 0 Å². The summed E-state index contributed by atoms with van der Waals surface area (Å²) in [7, 11) is 0. The summed E-state index contributed by atoms with van der Waals surface area (Å²) < 4.78 is 5.83. The second-order valence-corrected chi connectivity index (χ2v) is 5.13. The van der Waals surface area contributed by atoms with Crippen molar-refractivity contribution in [3.05, 3.63) is 12.2 Å². The average Bonchev–Trinajstić information content (AvgIpc) is 2.72. The molecular weight excluding hydrogens is 216 g/mol. The lowest BCUT2D eigenvalue weighted by Crippen LogP contribution is -2.66. The van der Waals surface area contributed by atoms with Crippen LogP contribution in [0.15, 0.2) is 6.33 Å². The van der Waals surface area contributed by atoms with Crippen molar-refractivity contribution in [2.75, 3.05) is 6.61 Å². The molecule has 2 aliphatic carbocycles. The third-order valence-electron chi connectivity index (χ3n) is 4.42. The van der Waals surface area contributed by atoms with Crippen LogP contribution in [0, 0.1) is 5.41 Å². The number of aromatic amines is 1. The number of nitrogens with zero attached hydrogens (tertiary/aromatic N) is 2. The zero-order chi connectivity index (χ0) is 11.7. The van der Waals surface area contributed by atoms with E-state index in [0.29, 0.717) is 17.6 Å². The van der Waals surface area contributed by atoms with E-state index in [1.54, 1.807) is 6.33 Å². The molecule has 1 aromatic rings.